The molecule has 0 bridgehead atoms. The highest BCUT2D eigenvalue weighted by atomic mass is 19.1. The highest BCUT2D eigenvalue weighted by Crippen LogP contribution is 2.24. The Labute approximate surface area is 162 Å². The van der Waals surface area contributed by atoms with Crippen molar-refractivity contribution in [1.29, 1.82) is 0 Å². The molecule has 2 heterocycles. The Morgan fingerprint density at radius 1 is 1.36 bits per heavy atom. The van der Waals surface area contributed by atoms with Gasteiger partial charge in [0.05, 0.1) is 12.2 Å². The van der Waals surface area contributed by atoms with Crippen molar-refractivity contribution in [3.63, 3.8) is 0 Å². The van der Waals surface area contributed by atoms with Crippen LogP contribution < -0.4 is 5.32 Å². The van der Waals surface area contributed by atoms with Gasteiger partial charge >= 0.3 is 6.09 Å². The van der Waals surface area contributed by atoms with E-state index in [-0.39, 0.29) is 22.8 Å². The Morgan fingerprint density at radius 3 is 2.89 bits per heavy atom. The zero-order chi connectivity index (χ0) is 20.3. The molecule has 2 amide bonds. The van der Waals surface area contributed by atoms with E-state index < -0.39 is 23.6 Å². The Kier molecular flexibility index (Phi) is 5.96. The first-order valence-electron chi connectivity index (χ1n) is 9.36. The molecule has 28 heavy (non-hydrogen) atoms. The molecule has 1 aromatic carbocycles. The van der Waals surface area contributed by atoms with Gasteiger partial charge in [-0.05, 0) is 30.4 Å². The Morgan fingerprint density at radius 2 is 2.14 bits per heavy atom. The molecule has 2 N–H and O–H groups in total. The van der Waals surface area contributed by atoms with Gasteiger partial charge in [0.25, 0.3) is 11.7 Å². The van der Waals surface area contributed by atoms with E-state index in [2.05, 4.69) is 10.3 Å². The highest BCUT2D eigenvalue weighted by Gasteiger charge is 2.32. The van der Waals surface area contributed by atoms with Crippen molar-refractivity contribution in [1.82, 2.24) is 15.2 Å². The zero-order valence-corrected chi connectivity index (χ0v) is 16.0. The Bertz CT molecular complexity index is 893. The quantitative estimate of drug-likeness (QED) is 0.587. The number of halogens is 1. The van der Waals surface area contributed by atoms with Crippen LogP contribution in [0.2, 0.25) is 0 Å². The molecule has 7 nitrogen and oxygen atoms in total. The number of nitrogens with one attached hydrogen (secondary N) is 2. The lowest BCUT2D eigenvalue weighted by molar-refractivity contribution is -0.125. The number of likely N-dealkylation sites (tertiary alicyclic amines) is 1. The van der Waals surface area contributed by atoms with Gasteiger partial charge in [0, 0.05) is 36.7 Å². The highest BCUT2D eigenvalue weighted by molar-refractivity contribution is 6.44. The topological polar surface area (TPSA) is 91.5 Å². The second-order valence-corrected chi connectivity index (χ2v) is 7.47. The SMILES string of the molecule is CC(C)COC(=O)NCC1CCN(C(=O)C(=O)c2c[nH]c3cccc(F)c23)C1. The minimum atomic E-state index is -0.735. The van der Waals surface area contributed by atoms with Gasteiger partial charge in [-0.3, -0.25) is 9.59 Å². The van der Waals surface area contributed by atoms with Crippen LogP contribution in [0.15, 0.2) is 24.4 Å². The molecule has 3 rings (SSSR count). The van der Waals surface area contributed by atoms with Crippen LogP contribution in [0, 0.1) is 17.7 Å². The Hall–Kier alpha value is -2.90. The number of Topliss-reactive ketones (excluding diaryl/α,β-unsaturated/α-hetero) is 1. The number of hydrogen-bond acceptors (Lipinski definition) is 4. The zero-order valence-electron chi connectivity index (χ0n) is 16.0. The van der Waals surface area contributed by atoms with Crippen LogP contribution in [0.3, 0.4) is 0 Å². The van der Waals surface area contributed by atoms with Gasteiger partial charge in [0.15, 0.2) is 0 Å². The van der Waals surface area contributed by atoms with Crippen molar-refractivity contribution in [2.75, 3.05) is 26.2 Å². The van der Waals surface area contributed by atoms with Crippen molar-refractivity contribution in [2.45, 2.75) is 20.3 Å². The number of ketones is 1. The van der Waals surface area contributed by atoms with Gasteiger partial charge in [-0.25, -0.2) is 9.18 Å². The van der Waals surface area contributed by atoms with E-state index in [4.69, 9.17) is 4.74 Å². The summed E-state index contributed by atoms with van der Waals surface area (Å²) in [5.74, 6) is -1.64. The van der Waals surface area contributed by atoms with Crippen LogP contribution in [0.1, 0.15) is 30.6 Å². The number of alkyl carbamates (subject to hydrolysis) is 1. The minimum Gasteiger partial charge on any atom is -0.449 e. The van der Waals surface area contributed by atoms with Gasteiger partial charge in [-0.2, -0.15) is 0 Å². The largest absolute Gasteiger partial charge is 0.449 e. The number of rotatable bonds is 6. The first kappa shape index (κ1) is 19.9. The Balaban J connectivity index is 1.57. The minimum absolute atomic E-state index is 0.0388. The average molecular weight is 389 g/mol. The molecular weight excluding hydrogens is 365 g/mol. The number of ether oxygens (including phenoxy) is 1. The van der Waals surface area contributed by atoms with Gasteiger partial charge in [-0.1, -0.05) is 19.9 Å². The fourth-order valence-electron chi connectivity index (χ4n) is 3.28. The number of aromatic nitrogens is 1. The van der Waals surface area contributed by atoms with Crippen LogP contribution >= 0.6 is 0 Å². The molecule has 0 aliphatic carbocycles. The van der Waals surface area contributed by atoms with E-state index in [9.17, 15) is 18.8 Å². The molecule has 0 spiro atoms. The predicted molar refractivity (Wildman–Crippen MR) is 101 cm³/mol. The van der Waals surface area contributed by atoms with Crippen LogP contribution in [-0.4, -0.2) is 53.9 Å². The van der Waals surface area contributed by atoms with Crippen LogP contribution in [0.4, 0.5) is 9.18 Å². The summed E-state index contributed by atoms with van der Waals surface area (Å²) in [6, 6.07) is 4.44. The van der Waals surface area contributed by atoms with Crippen molar-refractivity contribution in [2.24, 2.45) is 11.8 Å². The maximum atomic E-state index is 14.1. The molecule has 1 unspecified atom stereocenters. The number of carbonyl (C=O) groups excluding carboxylic acids is 3. The molecular formula is C20H24FN3O4. The van der Waals surface area contributed by atoms with Crippen molar-refractivity contribution >= 4 is 28.7 Å². The van der Waals surface area contributed by atoms with Crippen LogP contribution in [0.25, 0.3) is 10.9 Å². The number of amides is 2. The number of benzene rings is 1. The fraction of sp³-hybridized carbons (Fsp3) is 0.450. The molecule has 1 aliphatic rings. The molecule has 150 valence electrons. The van der Waals surface area contributed by atoms with E-state index >= 15 is 0 Å². The van der Waals surface area contributed by atoms with E-state index in [0.29, 0.717) is 38.2 Å². The van der Waals surface area contributed by atoms with Gasteiger partial charge in [0.2, 0.25) is 0 Å². The summed E-state index contributed by atoms with van der Waals surface area (Å²) in [7, 11) is 0. The van der Waals surface area contributed by atoms with Crippen LogP contribution in [-0.2, 0) is 9.53 Å². The number of aromatic amines is 1. The van der Waals surface area contributed by atoms with E-state index in [0.717, 1.165) is 0 Å². The maximum absolute atomic E-state index is 14.1. The molecule has 1 fully saturated rings. The third-order valence-electron chi connectivity index (χ3n) is 4.75. The van der Waals surface area contributed by atoms with Gasteiger partial charge < -0.3 is 19.9 Å². The summed E-state index contributed by atoms with van der Waals surface area (Å²) >= 11 is 0. The third kappa shape index (κ3) is 4.32. The molecule has 0 saturated carbocycles. The molecule has 1 aromatic heterocycles. The summed E-state index contributed by atoms with van der Waals surface area (Å²) in [6.45, 7) is 5.39. The molecule has 1 saturated heterocycles. The summed E-state index contributed by atoms with van der Waals surface area (Å²) in [5, 5.41) is 2.82. The summed E-state index contributed by atoms with van der Waals surface area (Å²) < 4.78 is 19.1. The van der Waals surface area contributed by atoms with E-state index in [1.165, 1.54) is 23.2 Å². The van der Waals surface area contributed by atoms with Crippen molar-refractivity contribution in [3.8, 4) is 0 Å². The second kappa shape index (κ2) is 8.41. The molecule has 1 atom stereocenters. The second-order valence-electron chi connectivity index (χ2n) is 7.47. The standard InChI is InChI=1S/C20H24FN3O4/c1-12(2)11-28-20(27)23-8-13-6-7-24(10-13)19(26)18(25)14-9-22-16-5-3-4-15(21)17(14)16/h3-5,9,12-13,22H,6-8,10-11H2,1-2H3,(H,23,27). The lowest BCUT2D eigenvalue weighted by atomic mass is 10.1. The van der Waals surface area contributed by atoms with Crippen molar-refractivity contribution < 1.29 is 23.5 Å². The van der Waals surface area contributed by atoms with Gasteiger partial charge in [0.1, 0.15) is 5.82 Å². The summed E-state index contributed by atoms with van der Waals surface area (Å²) in [4.78, 5) is 41.1. The third-order valence-corrected chi connectivity index (χ3v) is 4.75. The monoisotopic (exact) mass is 389 g/mol. The summed E-state index contributed by atoms with van der Waals surface area (Å²) in [5.41, 5.74) is 0.511. The average Bonchev–Trinajstić information content (AvgIpc) is 3.31. The van der Waals surface area contributed by atoms with Crippen molar-refractivity contribution in [3.05, 3.63) is 35.8 Å². The number of nitrogens with zero attached hydrogens (tertiary/aromatic N) is 1. The predicted octanol–water partition coefficient (Wildman–Crippen LogP) is 2.72. The maximum Gasteiger partial charge on any atom is 0.407 e. The van der Waals surface area contributed by atoms with Crippen LogP contribution in [0.5, 0.6) is 0 Å². The van der Waals surface area contributed by atoms with E-state index in [1.54, 1.807) is 6.07 Å². The van der Waals surface area contributed by atoms with E-state index in [1.807, 2.05) is 13.8 Å². The molecule has 8 heteroatoms. The first-order valence-corrected chi connectivity index (χ1v) is 9.36. The summed E-state index contributed by atoms with van der Waals surface area (Å²) in [6.07, 6.45) is 1.56. The smallest absolute Gasteiger partial charge is 0.407 e. The number of fused-ring (bicyclic) bond motifs is 1. The molecule has 2 aromatic rings. The normalized spacial score (nSPS) is 16.6. The lowest BCUT2D eigenvalue weighted by Crippen LogP contribution is -2.36. The number of carbonyl (C=O) groups is 3. The lowest BCUT2D eigenvalue weighted by Gasteiger charge is -2.16. The number of H-pyrrole nitrogens is 1. The first-order chi connectivity index (χ1) is 13.4. The molecule has 1 aliphatic heterocycles. The van der Waals surface area contributed by atoms with Gasteiger partial charge in [-0.15, -0.1) is 0 Å². The fourth-order valence-corrected chi connectivity index (χ4v) is 3.28. The number of hydrogen-bond donors (Lipinski definition) is 2. The molecule has 0 radical (unpaired) electrons.